The maximum Gasteiger partial charge on any atom is 0.0346 e. The summed E-state index contributed by atoms with van der Waals surface area (Å²) in [6, 6.07) is 19.6. The van der Waals surface area contributed by atoms with Crippen LogP contribution in [0.3, 0.4) is 0 Å². The number of hydrogen-bond donors (Lipinski definition) is 2. The summed E-state index contributed by atoms with van der Waals surface area (Å²) in [5.41, 5.74) is 1.38. The highest BCUT2D eigenvalue weighted by molar-refractivity contribution is 7.97. The lowest BCUT2D eigenvalue weighted by Crippen LogP contribution is -2.34. The van der Waals surface area contributed by atoms with E-state index in [-0.39, 0.29) is 0 Å². The number of nitrogens with one attached hydrogen (secondary N) is 2. The number of nitrogens with zero attached hydrogens (tertiary/aromatic N) is 1. The Morgan fingerprint density at radius 2 is 1.80 bits per heavy atom. The fourth-order valence-electron chi connectivity index (χ4n) is 2.75. The Kier molecular flexibility index (Phi) is 6.45. The summed E-state index contributed by atoms with van der Waals surface area (Å²) >= 11 is 1.69. The molecule has 1 heterocycles. The Morgan fingerprint density at radius 3 is 2.64 bits per heavy atom. The zero-order valence-corrected chi connectivity index (χ0v) is 15.6. The van der Waals surface area contributed by atoms with E-state index in [9.17, 15) is 0 Å². The molecule has 4 heteroatoms. The number of hydrogen-bond acceptors (Lipinski definition) is 4. The summed E-state index contributed by atoms with van der Waals surface area (Å²) in [6.07, 6.45) is 3.74. The zero-order valence-electron chi connectivity index (χ0n) is 14.8. The summed E-state index contributed by atoms with van der Waals surface area (Å²) < 4.78 is 3.52. The van der Waals surface area contributed by atoms with Crippen molar-refractivity contribution in [3.8, 4) is 0 Å². The second kappa shape index (κ2) is 8.99. The van der Waals surface area contributed by atoms with Crippen LogP contribution in [0, 0.1) is 0 Å². The van der Waals surface area contributed by atoms with Crippen molar-refractivity contribution in [2.75, 3.05) is 13.1 Å². The topological polar surface area (TPSA) is 37.0 Å². The van der Waals surface area contributed by atoms with E-state index in [2.05, 4.69) is 83.5 Å². The molecule has 25 heavy (non-hydrogen) atoms. The fraction of sp³-hybridized carbons (Fsp3) is 0.286. The molecular formula is C21H25N3S. The Bertz CT molecular complexity index is 791. The van der Waals surface area contributed by atoms with Crippen LogP contribution in [-0.2, 0) is 0 Å². The van der Waals surface area contributed by atoms with Crippen molar-refractivity contribution in [2.45, 2.75) is 30.7 Å². The average molecular weight is 352 g/mol. The van der Waals surface area contributed by atoms with Gasteiger partial charge in [-0.2, -0.15) is 0 Å². The molecule has 0 bridgehead atoms. The molecule has 2 N–H and O–H groups in total. The van der Waals surface area contributed by atoms with Gasteiger partial charge in [-0.25, -0.2) is 0 Å². The Hall–Kier alpha value is -1.88. The first-order valence-corrected chi connectivity index (χ1v) is 9.56. The van der Waals surface area contributed by atoms with Crippen molar-refractivity contribution >= 4 is 22.7 Å². The average Bonchev–Trinajstić information content (AvgIpc) is 2.67. The zero-order chi connectivity index (χ0) is 17.5. The molecule has 2 aromatic carbocycles. The molecule has 0 aliphatic carbocycles. The summed E-state index contributed by atoms with van der Waals surface area (Å²) in [5, 5.41) is 5.97. The van der Waals surface area contributed by atoms with E-state index in [1.54, 1.807) is 11.9 Å². The third kappa shape index (κ3) is 5.30. The van der Waals surface area contributed by atoms with E-state index in [1.165, 1.54) is 21.2 Å². The summed E-state index contributed by atoms with van der Waals surface area (Å²) in [4.78, 5) is 5.38. The lowest BCUT2D eigenvalue weighted by atomic mass is 10.0. The highest BCUT2D eigenvalue weighted by Gasteiger charge is 2.07. The fourth-order valence-corrected chi connectivity index (χ4v) is 3.49. The molecule has 1 aromatic heterocycles. The molecule has 0 saturated heterocycles. The lowest BCUT2D eigenvalue weighted by molar-refractivity contribution is 0.554. The van der Waals surface area contributed by atoms with Crippen LogP contribution in [0.4, 0.5) is 0 Å². The third-order valence-corrected chi connectivity index (χ3v) is 5.27. The first kappa shape index (κ1) is 17.9. The van der Waals surface area contributed by atoms with Gasteiger partial charge in [-0.05, 0) is 53.9 Å². The van der Waals surface area contributed by atoms with E-state index >= 15 is 0 Å². The smallest absolute Gasteiger partial charge is 0.0346 e. The lowest BCUT2D eigenvalue weighted by Gasteiger charge is -2.17. The summed E-state index contributed by atoms with van der Waals surface area (Å²) in [6.45, 7) is 6.41. The van der Waals surface area contributed by atoms with Crippen molar-refractivity contribution in [3.63, 3.8) is 0 Å². The van der Waals surface area contributed by atoms with E-state index in [0.29, 0.717) is 12.0 Å². The van der Waals surface area contributed by atoms with Crippen LogP contribution < -0.4 is 10.0 Å². The van der Waals surface area contributed by atoms with Crippen LogP contribution in [0.5, 0.6) is 0 Å². The maximum absolute atomic E-state index is 4.16. The Labute approximate surface area is 154 Å². The Morgan fingerprint density at radius 1 is 0.960 bits per heavy atom. The summed E-state index contributed by atoms with van der Waals surface area (Å²) in [5.74, 6) is 0.523. The minimum atomic E-state index is 0.390. The molecule has 3 nitrogen and oxygen atoms in total. The molecule has 0 aliphatic heterocycles. The molecule has 3 aromatic rings. The molecule has 130 valence electrons. The number of rotatable bonds is 8. The molecule has 3 rings (SSSR count). The van der Waals surface area contributed by atoms with Gasteiger partial charge >= 0.3 is 0 Å². The number of benzene rings is 2. The second-order valence-electron chi connectivity index (χ2n) is 6.48. The van der Waals surface area contributed by atoms with Gasteiger partial charge in [0.2, 0.25) is 0 Å². The normalized spacial score (nSPS) is 13.7. The van der Waals surface area contributed by atoms with Gasteiger partial charge < -0.3 is 5.32 Å². The van der Waals surface area contributed by atoms with Gasteiger partial charge in [0.1, 0.15) is 0 Å². The van der Waals surface area contributed by atoms with Crippen LogP contribution in [-0.4, -0.2) is 24.1 Å². The second-order valence-corrected chi connectivity index (χ2v) is 7.39. The third-order valence-electron chi connectivity index (χ3n) is 4.26. The van der Waals surface area contributed by atoms with Crippen molar-refractivity contribution in [3.05, 3.63) is 72.6 Å². The van der Waals surface area contributed by atoms with E-state index in [0.717, 1.165) is 13.1 Å². The maximum atomic E-state index is 4.16. The van der Waals surface area contributed by atoms with Gasteiger partial charge in [0.05, 0.1) is 0 Å². The van der Waals surface area contributed by atoms with Crippen LogP contribution in [0.2, 0.25) is 0 Å². The molecule has 0 fully saturated rings. The van der Waals surface area contributed by atoms with Gasteiger partial charge in [-0.3, -0.25) is 9.71 Å². The van der Waals surface area contributed by atoms with Crippen molar-refractivity contribution in [2.24, 2.45) is 0 Å². The first-order chi connectivity index (χ1) is 12.2. The molecule has 0 spiro atoms. The molecule has 2 atom stereocenters. The molecule has 0 radical (unpaired) electrons. The number of pyridine rings is 1. The Balaban J connectivity index is 1.42. The predicted octanol–water partition coefficient (Wildman–Crippen LogP) is 4.61. The van der Waals surface area contributed by atoms with Crippen molar-refractivity contribution < 1.29 is 0 Å². The van der Waals surface area contributed by atoms with Gasteiger partial charge in [-0.15, -0.1) is 0 Å². The number of fused-ring (bicyclic) bond motifs is 1. The van der Waals surface area contributed by atoms with E-state index in [4.69, 9.17) is 0 Å². The van der Waals surface area contributed by atoms with E-state index < -0.39 is 0 Å². The highest BCUT2D eigenvalue weighted by Crippen LogP contribution is 2.21. The molecule has 0 saturated carbocycles. The van der Waals surface area contributed by atoms with Gasteiger partial charge in [0.15, 0.2) is 0 Å². The van der Waals surface area contributed by atoms with Gasteiger partial charge in [0, 0.05) is 41.8 Å². The van der Waals surface area contributed by atoms with Crippen LogP contribution in [0.15, 0.2) is 71.9 Å². The minimum Gasteiger partial charge on any atom is -0.315 e. The summed E-state index contributed by atoms with van der Waals surface area (Å²) in [7, 11) is 0. The van der Waals surface area contributed by atoms with Crippen LogP contribution in [0.1, 0.15) is 25.3 Å². The quantitative estimate of drug-likeness (QED) is 0.581. The van der Waals surface area contributed by atoms with Crippen molar-refractivity contribution in [1.82, 2.24) is 15.0 Å². The molecule has 0 amide bonds. The number of aromatic nitrogens is 1. The van der Waals surface area contributed by atoms with Gasteiger partial charge in [-0.1, -0.05) is 43.3 Å². The first-order valence-electron chi connectivity index (χ1n) is 8.74. The van der Waals surface area contributed by atoms with Crippen LogP contribution in [0.25, 0.3) is 10.8 Å². The largest absolute Gasteiger partial charge is 0.315 e. The molecule has 2 unspecified atom stereocenters. The monoisotopic (exact) mass is 351 g/mol. The standard InChI is InChI=1S/C21H25N3S/c1-16(18-6-4-3-5-7-18)13-23-14-17(2)24-25-21-9-8-20-15-22-11-10-19(20)12-21/h3-12,15-17,23-24H,13-14H2,1-2H3. The molecule has 0 aliphatic rings. The van der Waals surface area contributed by atoms with Crippen molar-refractivity contribution in [1.29, 1.82) is 0 Å². The predicted molar refractivity (Wildman–Crippen MR) is 108 cm³/mol. The molecular weight excluding hydrogens is 326 g/mol. The van der Waals surface area contributed by atoms with E-state index in [1.807, 2.05) is 12.4 Å². The minimum absolute atomic E-state index is 0.390. The van der Waals surface area contributed by atoms with Crippen LogP contribution >= 0.6 is 11.9 Å². The SMILES string of the molecule is CC(CNCC(C)c1ccccc1)NSc1ccc2cnccc2c1. The van der Waals surface area contributed by atoms with Gasteiger partial charge in [0.25, 0.3) is 0 Å². The highest BCUT2D eigenvalue weighted by atomic mass is 32.2.